The third-order valence-electron chi connectivity index (χ3n) is 0.636. The molecule has 6 nitrogen and oxygen atoms in total. The third-order valence-corrected chi connectivity index (χ3v) is 0.636. The molecule has 0 spiro atoms. The lowest BCUT2D eigenvalue weighted by molar-refractivity contribution is 0.807. The maximum atomic E-state index is 3.61. The fourth-order valence-corrected chi connectivity index (χ4v) is 0.273. The first-order valence-corrected chi connectivity index (χ1v) is 2.76. The molecule has 0 amide bonds. The molecule has 0 aromatic carbocycles. The summed E-state index contributed by atoms with van der Waals surface area (Å²) in [6.07, 6.45) is 0. The molecular weight excluding hydrogens is 132 g/mol. The summed E-state index contributed by atoms with van der Waals surface area (Å²) in [4.78, 5) is 0. The summed E-state index contributed by atoms with van der Waals surface area (Å²) in [6.45, 7) is 0.547. The van der Waals surface area contributed by atoms with E-state index < -0.39 is 0 Å². The van der Waals surface area contributed by atoms with Gasteiger partial charge in [-0.25, -0.2) is 0 Å². The van der Waals surface area contributed by atoms with Crippen molar-refractivity contribution in [2.24, 2.45) is 30.7 Å². The van der Waals surface area contributed by atoms with Gasteiger partial charge in [-0.1, -0.05) is 0 Å². The van der Waals surface area contributed by atoms with Crippen molar-refractivity contribution in [3.8, 4) is 0 Å². The Labute approximate surface area is 59.2 Å². The van der Waals surface area contributed by atoms with Crippen molar-refractivity contribution in [3.05, 3.63) is 0 Å². The van der Waals surface area contributed by atoms with E-state index in [2.05, 4.69) is 30.7 Å². The van der Waals surface area contributed by atoms with Crippen LogP contribution in [-0.4, -0.2) is 27.4 Å². The summed E-state index contributed by atoms with van der Waals surface area (Å²) >= 11 is 0. The van der Waals surface area contributed by atoms with Gasteiger partial charge >= 0.3 is 0 Å². The van der Waals surface area contributed by atoms with E-state index in [1.807, 2.05) is 0 Å². The van der Waals surface area contributed by atoms with E-state index in [0.29, 0.717) is 0 Å². The van der Waals surface area contributed by atoms with Crippen LogP contribution < -0.4 is 0 Å². The van der Waals surface area contributed by atoms with Gasteiger partial charge in [-0.2, -0.15) is 30.7 Å². The predicted molar refractivity (Wildman–Crippen MR) is 36.1 cm³/mol. The van der Waals surface area contributed by atoms with Crippen molar-refractivity contribution >= 4 is 0 Å². The zero-order valence-electron chi connectivity index (χ0n) is 6.10. The highest BCUT2D eigenvalue weighted by Crippen LogP contribution is 1.79. The lowest BCUT2D eigenvalue weighted by Gasteiger charge is -1.79. The molecule has 0 aliphatic carbocycles. The molecule has 10 heavy (non-hydrogen) atoms. The third kappa shape index (κ3) is 6.80. The monoisotopic (exact) mass is 142 g/mol. The molecule has 0 unspecified atom stereocenters. The molecule has 0 aromatic rings. The second-order valence-electron chi connectivity index (χ2n) is 1.25. The summed E-state index contributed by atoms with van der Waals surface area (Å²) in [6, 6.07) is 0. The molecule has 0 bridgehead atoms. The Hall–Kier alpha value is -1.20. The summed E-state index contributed by atoms with van der Waals surface area (Å²) in [5.41, 5.74) is 0. The number of hydrogen-bond acceptors (Lipinski definition) is 6. The van der Waals surface area contributed by atoms with Crippen molar-refractivity contribution in [2.45, 2.75) is 0 Å². The SMILES string of the molecule is C/N=N/C/N=N/C/N=N/C. The molecular formula is C4H10N6. The van der Waals surface area contributed by atoms with Crippen molar-refractivity contribution in [2.75, 3.05) is 27.4 Å². The Morgan fingerprint density at radius 3 is 1.40 bits per heavy atom. The van der Waals surface area contributed by atoms with Gasteiger partial charge in [0.05, 0.1) is 0 Å². The fraction of sp³-hybridized carbons (Fsp3) is 1.00. The molecule has 0 saturated carbocycles. The van der Waals surface area contributed by atoms with Gasteiger partial charge in [-0.05, 0) is 0 Å². The predicted octanol–water partition coefficient (Wildman–Crippen LogP) is 1.52. The summed E-state index contributed by atoms with van der Waals surface area (Å²) in [7, 11) is 3.17. The first-order valence-electron chi connectivity index (χ1n) is 2.76. The highest BCUT2D eigenvalue weighted by molar-refractivity contribution is 4.30. The number of rotatable bonds is 4. The van der Waals surface area contributed by atoms with Gasteiger partial charge in [0.25, 0.3) is 0 Å². The Morgan fingerprint density at radius 1 is 0.700 bits per heavy atom. The first-order chi connectivity index (χ1) is 4.91. The Morgan fingerprint density at radius 2 is 1.10 bits per heavy atom. The molecule has 0 aliphatic heterocycles. The van der Waals surface area contributed by atoms with E-state index in [1.54, 1.807) is 14.1 Å². The molecule has 0 saturated heterocycles. The highest BCUT2D eigenvalue weighted by atomic mass is 15.3. The number of azo groups is 3. The minimum Gasteiger partial charge on any atom is -0.196 e. The van der Waals surface area contributed by atoms with E-state index in [0.717, 1.165) is 0 Å². The molecule has 0 rings (SSSR count). The van der Waals surface area contributed by atoms with Crippen LogP contribution in [0.5, 0.6) is 0 Å². The van der Waals surface area contributed by atoms with Crippen molar-refractivity contribution in [1.82, 2.24) is 0 Å². The zero-order valence-corrected chi connectivity index (χ0v) is 6.10. The van der Waals surface area contributed by atoms with Crippen LogP contribution in [0, 0.1) is 0 Å². The molecule has 0 radical (unpaired) electrons. The van der Waals surface area contributed by atoms with E-state index in [-0.39, 0.29) is 13.3 Å². The van der Waals surface area contributed by atoms with E-state index in [1.165, 1.54) is 0 Å². The highest BCUT2D eigenvalue weighted by Gasteiger charge is 1.71. The average molecular weight is 142 g/mol. The quantitative estimate of drug-likeness (QED) is 0.534. The van der Waals surface area contributed by atoms with Gasteiger partial charge in [0.2, 0.25) is 0 Å². The van der Waals surface area contributed by atoms with Crippen molar-refractivity contribution < 1.29 is 0 Å². The fourth-order valence-electron chi connectivity index (χ4n) is 0.273. The van der Waals surface area contributed by atoms with E-state index in [4.69, 9.17) is 0 Å². The molecule has 56 valence electrons. The average Bonchev–Trinajstić information content (AvgIpc) is 1.97. The Kier molecular flexibility index (Phi) is 6.86. The van der Waals surface area contributed by atoms with Gasteiger partial charge in [0.1, 0.15) is 0 Å². The van der Waals surface area contributed by atoms with Crippen LogP contribution in [0.1, 0.15) is 0 Å². The zero-order chi connectivity index (χ0) is 7.66. The normalized spacial score (nSPS) is 12.6. The van der Waals surface area contributed by atoms with Crippen LogP contribution in [0.2, 0.25) is 0 Å². The minimum atomic E-state index is 0.274. The van der Waals surface area contributed by atoms with Crippen LogP contribution in [0.25, 0.3) is 0 Å². The maximum Gasteiger partial charge on any atom is 0.170 e. The summed E-state index contributed by atoms with van der Waals surface area (Å²) < 4.78 is 0. The van der Waals surface area contributed by atoms with Crippen LogP contribution >= 0.6 is 0 Å². The maximum absolute atomic E-state index is 3.61. The van der Waals surface area contributed by atoms with Crippen LogP contribution in [0.3, 0.4) is 0 Å². The Balaban J connectivity index is 3.20. The first kappa shape index (κ1) is 8.80. The second-order valence-corrected chi connectivity index (χ2v) is 1.25. The van der Waals surface area contributed by atoms with Crippen LogP contribution in [-0.2, 0) is 0 Å². The van der Waals surface area contributed by atoms with Crippen molar-refractivity contribution in [1.29, 1.82) is 0 Å². The van der Waals surface area contributed by atoms with Crippen molar-refractivity contribution in [3.63, 3.8) is 0 Å². The molecule has 0 N–H and O–H groups in total. The molecule has 6 heteroatoms. The second kappa shape index (κ2) is 7.80. The Bertz CT molecular complexity index is 121. The summed E-state index contributed by atoms with van der Waals surface area (Å²) in [5, 5.41) is 21.3. The van der Waals surface area contributed by atoms with E-state index in [9.17, 15) is 0 Å². The van der Waals surface area contributed by atoms with Gasteiger partial charge in [-0.15, -0.1) is 0 Å². The van der Waals surface area contributed by atoms with Gasteiger partial charge in [0, 0.05) is 14.1 Å². The standard InChI is InChI=1S/C4H10N6/c1-5-7-3-9-10-4-8-6-2/h3-4H2,1-2H3/b7-5+,8-6+,10-9+. The van der Waals surface area contributed by atoms with Gasteiger partial charge in [0.15, 0.2) is 13.3 Å². The molecule has 0 aromatic heterocycles. The van der Waals surface area contributed by atoms with Gasteiger partial charge in [-0.3, -0.25) is 0 Å². The van der Waals surface area contributed by atoms with Crippen LogP contribution in [0.4, 0.5) is 0 Å². The molecule has 0 atom stereocenters. The van der Waals surface area contributed by atoms with Gasteiger partial charge < -0.3 is 0 Å². The minimum absolute atomic E-state index is 0.274. The lowest BCUT2D eigenvalue weighted by atomic mass is 11.2. The molecule has 0 aliphatic rings. The largest absolute Gasteiger partial charge is 0.196 e. The molecule has 0 fully saturated rings. The topological polar surface area (TPSA) is 74.2 Å². The smallest absolute Gasteiger partial charge is 0.170 e. The summed E-state index contributed by atoms with van der Waals surface area (Å²) in [5.74, 6) is 0. The van der Waals surface area contributed by atoms with Crippen LogP contribution in [0.15, 0.2) is 30.7 Å². The van der Waals surface area contributed by atoms with E-state index >= 15 is 0 Å². The lowest BCUT2D eigenvalue weighted by Crippen LogP contribution is -1.71. The number of hydrogen-bond donors (Lipinski definition) is 0. The molecule has 0 heterocycles. The number of nitrogens with zero attached hydrogens (tertiary/aromatic N) is 6.